The smallest absolute Gasteiger partial charge is 0.328 e. The fourth-order valence-corrected chi connectivity index (χ4v) is 2.18. The molecule has 3 nitrogen and oxygen atoms in total. The molecule has 0 bridgehead atoms. The van der Waals surface area contributed by atoms with Crippen molar-refractivity contribution < 1.29 is 9.90 Å². The Labute approximate surface area is 109 Å². The predicted octanol–water partition coefficient (Wildman–Crippen LogP) is 3.15. The largest absolute Gasteiger partial charge is 0.478 e. The molecule has 1 N–H and O–H groups in total. The molecule has 0 unspecified atom stereocenters. The lowest BCUT2D eigenvalue weighted by atomic mass is 10.1. The summed E-state index contributed by atoms with van der Waals surface area (Å²) in [5.41, 5.74) is 2.00. The van der Waals surface area contributed by atoms with E-state index in [2.05, 4.69) is 27.9 Å². The molecular weight excluding hydrogens is 282 g/mol. The molecule has 0 radical (unpaired) electrons. The molecule has 0 spiro atoms. The van der Waals surface area contributed by atoms with Gasteiger partial charge in [-0.15, -0.1) is 0 Å². The van der Waals surface area contributed by atoms with Crippen molar-refractivity contribution in [3.8, 4) is 0 Å². The van der Waals surface area contributed by atoms with Crippen molar-refractivity contribution in [3.05, 3.63) is 34.3 Å². The van der Waals surface area contributed by atoms with E-state index in [1.807, 2.05) is 18.2 Å². The SMILES string of the molecule is CN(c1ccc(Br)cc1/C=C/C(=O)O)C1CC1. The van der Waals surface area contributed by atoms with Gasteiger partial charge in [-0.25, -0.2) is 4.79 Å². The van der Waals surface area contributed by atoms with Gasteiger partial charge in [0.2, 0.25) is 0 Å². The van der Waals surface area contributed by atoms with E-state index in [0.717, 1.165) is 15.7 Å². The molecule has 4 heteroatoms. The molecule has 17 heavy (non-hydrogen) atoms. The number of benzene rings is 1. The Morgan fingerprint density at radius 2 is 2.24 bits per heavy atom. The minimum absolute atomic E-state index is 0.605. The van der Waals surface area contributed by atoms with E-state index in [-0.39, 0.29) is 0 Å². The highest BCUT2D eigenvalue weighted by Crippen LogP contribution is 2.33. The number of hydrogen-bond acceptors (Lipinski definition) is 2. The van der Waals surface area contributed by atoms with Gasteiger partial charge in [0.1, 0.15) is 0 Å². The summed E-state index contributed by atoms with van der Waals surface area (Å²) in [5, 5.41) is 8.68. The summed E-state index contributed by atoms with van der Waals surface area (Å²) in [7, 11) is 2.05. The number of aliphatic carboxylic acids is 1. The second-order valence-electron chi connectivity index (χ2n) is 4.22. The van der Waals surface area contributed by atoms with Gasteiger partial charge in [-0.1, -0.05) is 15.9 Å². The Bertz CT molecular complexity index is 466. The summed E-state index contributed by atoms with van der Waals surface area (Å²) in [4.78, 5) is 12.8. The van der Waals surface area contributed by atoms with Gasteiger partial charge in [-0.05, 0) is 42.7 Å². The molecule has 1 saturated carbocycles. The number of carbonyl (C=O) groups is 1. The highest BCUT2D eigenvalue weighted by atomic mass is 79.9. The summed E-state index contributed by atoms with van der Waals surface area (Å²) in [6.45, 7) is 0. The van der Waals surface area contributed by atoms with Crippen molar-refractivity contribution in [1.29, 1.82) is 0 Å². The van der Waals surface area contributed by atoms with E-state index < -0.39 is 5.97 Å². The van der Waals surface area contributed by atoms with Crippen LogP contribution in [0.5, 0.6) is 0 Å². The van der Waals surface area contributed by atoms with Crippen LogP contribution in [0.1, 0.15) is 18.4 Å². The molecule has 2 rings (SSSR count). The van der Waals surface area contributed by atoms with Gasteiger partial charge in [-0.2, -0.15) is 0 Å². The zero-order valence-electron chi connectivity index (χ0n) is 9.56. The van der Waals surface area contributed by atoms with E-state index in [0.29, 0.717) is 6.04 Å². The van der Waals surface area contributed by atoms with Crippen molar-refractivity contribution in [2.24, 2.45) is 0 Å². The summed E-state index contributed by atoms with van der Waals surface area (Å²) in [6.07, 6.45) is 5.25. The maximum atomic E-state index is 10.6. The molecule has 1 aromatic rings. The van der Waals surface area contributed by atoms with Gasteiger partial charge in [0.25, 0.3) is 0 Å². The van der Waals surface area contributed by atoms with Crippen LogP contribution < -0.4 is 4.90 Å². The van der Waals surface area contributed by atoms with Crippen LogP contribution >= 0.6 is 15.9 Å². The molecule has 0 aliphatic heterocycles. The van der Waals surface area contributed by atoms with Gasteiger partial charge in [0.15, 0.2) is 0 Å². The van der Waals surface area contributed by atoms with Crippen LogP contribution in [0.15, 0.2) is 28.7 Å². The second-order valence-corrected chi connectivity index (χ2v) is 5.13. The van der Waals surface area contributed by atoms with Crippen LogP contribution in [0, 0.1) is 0 Å². The third kappa shape index (κ3) is 3.09. The lowest BCUT2D eigenvalue weighted by molar-refractivity contribution is -0.131. The minimum atomic E-state index is -0.926. The van der Waals surface area contributed by atoms with E-state index in [4.69, 9.17) is 5.11 Å². The fourth-order valence-electron chi connectivity index (χ4n) is 1.80. The number of halogens is 1. The zero-order chi connectivity index (χ0) is 12.4. The molecule has 0 heterocycles. The molecule has 1 aliphatic rings. The first-order valence-corrected chi connectivity index (χ1v) is 6.30. The number of carboxylic acids is 1. The van der Waals surface area contributed by atoms with E-state index >= 15 is 0 Å². The quantitative estimate of drug-likeness (QED) is 0.868. The maximum Gasteiger partial charge on any atom is 0.328 e. The van der Waals surface area contributed by atoms with Gasteiger partial charge in [0.05, 0.1) is 0 Å². The van der Waals surface area contributed by atoms with E-state index in [9.17, 15) is 4.79 Å². The van der Waals surface area contributed by atoms with Crippen molar-refractivity contribution in [2.45, 2.75) is 18.9 Å². The number of anilines is 1. The van der Waals surface area contributed by atoms with Crippen LogP contribution in [0.4, 0.5) is 5.69 Å². The lowest BCUT2D eigenvalue weighted by Gasteiger charge is -2.21. The zero-order valence-corrected chi connectivity index (χ0v) is 11.1. The second kappa shape index (κ2) is 4.92. The number of hydrogen-bond donors (Lipinski definition) is 1. The first-order valence-electron chi connectivity index (χ1n) is 5.51. The molecule has 90 valence electrons. The molecule has 0 atom stereocenters. The van der Waals surface area contributed by atoms with Gasteiger partial charge in [-0.3, -0.25) is 0 Å². The van der Waals surface area contributed by atoms with Gasteiger partial charge in [0, 0.05) is 29.3 Å². The van der Waals surface area contributed by atoms with Gasteiger partial charge >= 0.3 is 5.97 Å². The summed E-state index contributed by atoms with van der Waals surface area (Å²) >= 11 is 3.41. The van der Waals surface area contributed by atoms with Crippen LogP contribution in [-0.4, -0.2) is 24.2 Å². The topological polar surface area (TPSA) is 40.5 Å². The summed E-state index contributed by atoms with van der Waals surface area (Å²) in [5.74, 6) is -0.926. The highest BCUT2D eigenvalue weighted by molar-refractivity contribution is 9.10. The Kier molecular flexibility index (Phi) is 3.52. The average Bonchev–Trinajstić information content (AvgIpc) is 3.09. The molecule has 0 saturated heterocycles. The first kappa shape index (κ1) is 12.2. The number of rotatable bonds is 4. The van der Waals surface area contributed by atoms with Crippen molar-refractivity contribution >= 4 is 33.7 Å². The molecular formula is C13H14BrNO2. The highest BCUT2D eigenvalue weighted by Gasteiger charge is 2.27. The Balaban J connectivity index is 2.32. The van der Waals surface area contributed by atoms with Crippen LogP contribution in [-0.2, 0) is 4.79 Å². The standard InChI is InChI=1S/C13H14BrNO2/c1-15(11-4-5-11)12-6-3-10(14)8-9(12)2-7-13(16)17/h2-3,6-8,11H,4-5H2,1H3,(H,16,17)/b7-2+. The maximum absolute atomic E-state index is 10.6. The van der Waals surface area contributed by atoms with Crippen molar-refractivity contribution in [2.75, 3.05) is 11.9 Å². The number of nitrogens with zero attached hydrogens (tertiary/aromatic N) is 1. The lowest BCUT2D eigenvalue weighted by Crippen LogP contribution is -2.20. The van der Waals surface area contributed by atoms with Crippen molar-refractivity contribution in [3.63, 3.8) is 0 Å². The first-order chi connectivity index (χ1) is 8.08. The Morgan fingerprint density at radius 1 is 1.53 bits per heavy atom. The monoisotopic (exact) mass is 295 g/mol. The molecule has 0 aromatic heterocycles. The minimum Gasteiger partial charge on any atom is -0.478 e. The predicted molar refractivity (Wildman–Crippen MR) is 72.2 cm³/mol. The normalized spacial score (nSPS) is 15.2. The molecule has 1 fully saturated rings. The summed E-state index contributed by atoms with van der Waals surface area (Å²) < 4.78 is 0.954. The van der Waals surface area contributed by atoms with Crippen LogP contribution in [0.3, 0.4) is 0 Å². The molecule has 1 aliphatic carbocycles. The Hall–Kier alpha value is -1.29. The number of carboxylic acid groups (broad SMARTS) is 1. The van der Waals surface area contributed by atoms with Crippen LogP contribution in [0.25, 0.3) is 6.08 Å². The fraction of sp³-hybridized carbons (Fsp3) is 0.308. The Morgan fingerprint density at radius 3 is 2.82 bits per heavy atom. The van der Waals surface area contributed by atoms with Crippen LogP contribution in [0.2, 0.25) is 0 Å². The summed E-state index contributed by atoms with van der Waals surface area (Å²) in [6, 6.07) is 6.54. The third-order valence-electron chi connectivity index (χ3n) is 2.87. The molecule has 0 amide bonds. The van der Waals surface area contributed by atoms with E-state index in [1.165, 1.54) is 18.9 Å². The van der Waals surface area contributed by atoms with E-state index in [1.54, 1.807) is 6.08 Å². The van der Waals surface area contributed by atoms with Gasteiger partial charge < -0.3 is 10.0 Å². The average molecular weight is 296 g/mol. The van der Waals surface area contributed by atoms with Crippen molar-refractivity contribution in [1.82, 2.24) is 0 Å². The third-order valence-corrected chi connectivity index (χ3v) is 3.36. The molecule has 1 aromatic carbocycles.